The molecule has 19 heavy (non-hydrogen) atoms. The van der Waals surface area contributed by atoms with Crippen LogP contribution >= 0.6 is 15.9 Å². The molecule has 2 nitrogen and oxygen atoms in total. The van der Waals surface area contributed by atoms with E-state index in [0.717, 1.165) is 25.9 Å². The third-order valence-electron chi connectivity index (χ3n) is 3.63. The molecule has 1 N–H and O–H groups in total. The average molecular weight is 328 g/mol. The van der Waals surface area contributed by atoms with Crippen molar-refractivity contribution in [2.45, 2.75) is 45.1 Å². The summed E-state index contributed by atoms with van der Waals surface area (Å²) in [6, 6.07) is 8.51. The van der Waals surface area contributed by atoms with Crippen LogP contribution in [-0.4, -0.2) is 25.8 Å². The summed E-state index contributed by atoms with van der Waals surface area (Å²) in [6.45, 7) is 8.47. The third kappa shape index (κ3) is 5.64. The number of ether oxygens (including phenoxy) is 1. The van der Waals surface area contributed by atoms with E-state index in [2.05, 4.69) is 66.3 Å². The van der Waals surface area contributed by atoms with Gasteiger partial charge in [-0.1, -0.05) is 41.1 Å². The lowest BCUT2D eigenvalue weighted by Gasteiger charge is -2.26. The Balaban J connectivity index is 2.75. The van der Waals surface area contributed by atoms with Crippen LogP contribution in [0.4, 0.5) is 0 Å². The second kappa shape index (κ2) is 8.03. The molecule has 0 aromatic heterocycles. The van der Waals surface area contributed by atoms with Gasteiger partial charge in [-0.2, -0.15) is 0 Å². The summed E-state index contributed by atoms with van der Waals surface area (Å²) in [7, 11) is 1.79. The van der Waals surface area contributed by atoms with Gasteiger partial charge in [0, 0.05) is 18.1 Å². The Hall–Kier alpha value is -0.380. The molecule has 0 fully saturated rings. The Morgan fingerprint density at radius 2 is 2.00 bits per heavy atom. The van der Waals surface area contributed by atoms with Crippen LogP contribution in [0.25, 0.3) is 0 Å². The summed E-state index contributed by atoms with van der Waals surface area (Å²) in [5.41, 5.74) is 1.33. The number of hydrogen-bond acceptors (Lipinski definition) is 2. The first-order valence-corrected chi connectivity index (χ1v) is 7.79. The molecule has 0 aliphatic carbocycles. The minimum absolute atomic E-state index is 0.0499. The van der Waals surface area contributed by atoms with Gasteiger partial charge in [0.2, 0.25) is 0 Å². The van der Waals surface area contributed by atoms with E-state index >= 15 is 0 Å². The largest absolute Gasteiger partial charge is 0.379 e. The van der Waals surface area contributed by atoms with Crippen LogP contribution in [0.1, 0.15) is 45.1 Å². The van der Waals surface area contributed by atoms with Crippen molar-refractivity contribution < 1.29 is 4.74 Å². The molecule has 0 amide bonds. The second-order valence-electron chi connectivity index (χ2n) is 5.53. The third-order valence-corrected chi connectivity index (χ3v) is 4.36. The zero-order valence-corrected chi connectivity index (χ0v) is 14.1. The molecule has 0 radical (unpaired) electrons. The molecule has 1 aromatic rings. The summed E-state index contributed by atoms with van der Waals surface area (Å²) in [5, 5.41) is 3.47. The van der Waals surface area contributed by atoms with Crippen molar-refractivity contribution in [3.8, 4) is 0 Å². The van der Waals surface area contributed by atoms with Crippen LogP contribution in [0, 0.1) is 0 Å². The van der Waals surface area contributed by atoms with Crippen molar-refractivity contribution >= 4 is 15.9 Å². The minimum Gasteiger partial charge on any atom is -0.379 e. The Labute approximate surface area is 126 Å². The van der Waals surface area contributed by atoms with E-state index in [1.807, 2.05) is 0 Å². The molecule has 0 saturated carbocycles. The van der Waals surface area contributed by atoms with Gasteiger partial charge in [0.05, 0.1) is 5.60 Å². The van der Waals surface area contributed by atoms with E-state index in [4.69, 9.17) is 4.74 Å². The predicted octanol–water partition coefficient (Wildman–Crippen LogP) is 4.35. The molecular weight excluding hydrogens is 302 g/mol. The molecule has 0 spiro atoms. The molecule has 1 atom stereocenters. The molecule has 0 heterocycles. The molecule has 1 rings (SSSR count). The van der Waals surface area contributed by atoms with Gasteiger partial charge < -0.3 is 10.1 Å². The average Bonchev–Trinajstić information content (AvgIpc) is 2.40. The van der Waals surface area contributed by atoms with E-state index in [0.29, 0.717) is 5.92 Å². The maximum atomic E-state index is 5.53. The number of hydrogen-bond donors (Lipinski definition) is 1. The fourth-order valence-electron chi connectivity index (χ4n) is 2.12. The summed E-state index contributed by atoms with van der Waals surface area (Å²) in [5.74, 6) is 0.518. The van der Waals surface area contributed by atoms with Crippen LogP contribution in [0.2, 0.25) is 0 Å². The number of benzene rings is 1. The van der Waals surface area contributed by atoms with E-state index in [9.17, 15) is 0 Å². The fraction of sp³-hybridized carbons (Fsp3) is 0.625. The van der Waals surface area contributed by atoms with Gasteiger partial charge in [-0.3, -0.25) is 0 Å². The second-order valence-corrected chi connectivity index (χ2v) is 6.38. The van der Waals surface area contributed by atoms with Crippen molar-refractivity contribution in [3.63, 3.8) is 0 Å². The maximum Gasteiger partial charge on any atom is 0.0623 e. The molecule has 3 heteroatoms. The Kier molecular flexibility index (Phi) is 7.05. The van der Waals surface area contributed by atoms with Crippen LogP contribution in [0.15, 0.2) is 28.7 Å². The quantitative estimate of drug-likeness (QED) is 0.766. The van der Waals surface area contributed by atoms with E-state index in [1.54, 1.807) is 7.11 Å². The normalized spacial score (nSPS) is 13.5. The van der Waals surface area contributed by atoms with Crippen molar-refractivity contribution in [1.82, 2.24) is 5.32 Å². The number of likely N-dealkylation sites (N-methyl/N-ethyl adjacent to an activating group) is 1. The SMILES string of the molecule is CCNCC(CCC(C)(C)OC)c1ccccc1Br. The molecule has 0 bridgehead atoms. The van der Waals surface area contributed by atoms with E-state index in [1.165, 1.54) is 10.0 Å². The Bertz CT molecular complexity index is 379. The number of methoxy groups -OCH3 is 1. The highest BCUT2D eigenvalue weighted by molar-refractivity contribution is 9.10. The highest BCUT2D eigenvalue weighted by Crippen LogP contribution is 2.30. The zero-order chi connectivity index (χ0) is 14.3. The number of halogens is 1. The van der Waals surface area contributed by atoms with Gasteiger partial charge in [0.25, 0.3) is 0 Å². The lowest BCUT2D eigenvalue weighted by molar-refractivity contribution is 0.0124. The molecule has 0 saturated heterocycles. The van der Waals surface area contributed by atoms with Crippen molar-refractivity contribution in [2.24, 2.45) is 0 Å². The predicted molar refractivity (Wildman–Crippen MR) is 85.7 cm³/mol. The minimum atomic E-state index is -0.0499. The summed E-state index contributed by atoms with van der Waals surface area (Å²) in [4.78, 5) is 0. The van der Waals surface area contributed by atoms with Crippen molar-refractivity contribution in [1.29, 1.82) is 0 Å². The Morgan fingerprint density at radius 1 is 1.32 bits per heavy atom. The molecule has 108 valence electrons. The lowest BCUT2D eigenvalue weighted by atomic mass is 9.89. The summed E-state index contributed by atoms with van der Waals surface area (Å²) in [6.07, 6.45) is 2.18. The van der Waals surface area contributed by atoms with Crippen LogP contribution in [0.3, 0.4) is 0 Å². The maximum absolute atomic E-state index is 5.53. The standard InChI is InChI=1S/C16H26BrNO/c1-5-18-12-13(10-11-16(2,3)19-4)14-8-6-7-9-15(14)17/h6-9,13,18H,5,10-12H2,1-4H3. The summed E-state index contributed by atoms with van der Waals surface area (Å²) < 4.78 is 6.73. The Morgan fingerprint density at radius 3 is 2.58 bits per heavy atom. The highest BCUT2D eigenvalue weighted by atomic mass is 79.9. The topological polar surface area (TPSA) is 21.3 Å². The first kappa shape index (κ1) is 16.7. The van der Waals surface area contributed by atoms with Crippen LogP contribution in [-0.2, 0) is 4.74 Å². The van der Waals surface area contributed by atoms with Gasteiger partial charge in [-0.05, 0) is 50.8 Å². The van der Waals surface area contributed by atoms with E-state index in [-0.39, 0.29) is 5.60 Å². The molecule has 1 aromatic carbocycles. The molecular formula is C16H26BrNO. The van der Waals surface area contributed by atoms with Gasteiger partial charge >= 0.3 is 0 Å². The van der Waals surface area contributed by atoms with Gasteiger partial charge in [0.1, 0.15) is 0 Å². The van der Waals surface area contributed by atoms with Gasteiger partial charge in [-0.25, -0.2) is 0 Å². The van der Waals surface area contributed by atoms with Crippen molar-refractivity contribution in [3.05, 3.63) is 34.3 Å². The number of nitrogens with one attached hydrogen (secondary N) is 1. The smallest absolute Gasteiger partial charge is 0.0623 e. The van der Waals surface area contributed by atoms with Gasteiger partial charge in [0.15, 0.2) is 0 Å². The fourth-order valence-corrected chi connectivity index (χ4v) is 2.72. The number of rotatable bonds is 8. The van der Waals surface area contributed by atoms with Crippen LogP contribution in [0.5, 0.6) is 0 Å². The van der Waals surface area contributed by atoms with Crippen molar-refractivity contribution in [2.75, 3.05) is 20.2 Å². The van der Waals surface area contributed by atoms with Gasteiger partial charge in [-0.15, -0.1) is 0 Å². The molecule has 0 aliphatic rings. The molecule has 1 unspecified atom stereocenters. The zero-order valence-electron chi connectivity index (χ0n) is 12.5. The monoisotopic (exact) mass is 327 g/mol. The first-order valence-electron chi connectivity index (χ1n) is 7.00. The first-order chi connectivity index (χ1) is 9.00. The highest BCUT2D eigenvalue weighted by Gasteiger charge is 2.21. The summed E-state index contributed by atoms with van der Waals surface area (Å²) >= 11 is 3.67. The lowest BCUT2D eigenvalue weighted by Crippen LogP contribution is -2.26. The van der Waals surface area contributed by atoms with E-state index < -0.39 is 0 Å². The van der Waals surface area contributed by atoms with Crippen LogP contribution < -0.4 is 5.32 Å². The molecule has 0 aliphatic heterocycles.